The van der Waals surface area contributed by atoms with Crippen LogP contribution in [-0.4, -0.2) is 28.5 Å². The van der Waals surface area contributed by atoms with E-state index in [1.807, 2.05) is 24.9 Å². The van der Waals surface area contributed by atoms with Crippen molar-refractivity contribution >= 4 is 28.9 Å². The lowest BCUT2D eigenvalue weighted by Gasteiger charge is -2.18. The van der Waals surface area contributed by atoms with Gasteiger partial charge in [-0.3, -0.25) is 0 Å². The Labute approximate surface area is 123 Å². The number of anilines is 3. The van der Waals surface area contributed by atoms with E-state index >= 15 is 0 Å². The van der Waals surface area contributed by atoms with Crippen LogP contribution in [0.4, 0.5) is 17.6 Å². The molecule has 0 saturated carbocycles. The Hall–Kier alpha value is -1.89. The van der Waals surface area contributed by atoms with E-state index in [2.05, 4.69) is 32.6 Å². The summed E-state index contributed by atoms with van der Waals surface area (Å²) in [7, 11) is 1.97. The van der Waals surface area contributed by atoms with Gasteiger partial charge in [0.15, 0.2) is 0 Å². The van der Waals surface area contributed by atoms with Crippen molar-refractivity contribution in [2.75, 3.05) is 29.5 Å². The third-order valence-electron chi connectivity index (χ3n) is 2.74. The van der Waals surface area contributed by atoms with Crippen molar-refractivity contribution in [3.63, 3.8) is 0 Å². The van der Waals surface area contributed by atoms with Crippen LogP contribution in [0.15, 0.2) is 11.4 Å². The van der Waals surface area contributed by atoms with Gasteiger partial charge in [-0.1, -0.05) is 6.92 Å². The summed E-state index contributed by atoms with van der Waals surface area (Å²) in [4.78, 5) is 14.9. The van der Waals surface area contributed by atoms with Crippen molar-refractivity contribution in [3.8, 4) is 0 Å². The van der Waals surface area contributed by atoms with Gasteiger partial charge in [-0.05, 0) is 13.3 Å². The average molecular weight is 292 g/mol. The lowest BCUT2D eigenvalue weighted by molar-refractivity contribution is 0.866. The maximum absolute atomic E-state index is 5.76. The fourth-order valence-electron chi connectivity index (χ4n) is 1.80. The van der Waals surface area contributed by atoms with Gasteiger partial charge in [0.05, 0.1) is 17.2 Å². The first-order chi connectivity index (χ1) is 9.58. The van der Waals surface area contributed by atoms with Gasteiger partial charge in [0.25, 0.3) is 0 Å². The van der Waals surface area contributed by atoms with Gasteiger partial charge in [0, 0.05) is 25.0 Å². The SMILES string of the molecule is CCCNc1cc(N(C)Cc2csc(C)n2)nc(N)n1. The molecule has 2 aromatic heterocycles. The zero-order valence-electron chi connectivity index (χ0n) is 12.1. The van der Waals surface area contributed by atoms with E-state index in [4.69, 9.17) is 5.73 Å². The van der Waals surface area contributed by atoms with Crippen molar-refractivity contribution in [1.82, 2.24) is 15.0 Å². The molecule has 0 aromatic carbocycles. The Morgan fingerprint density at radius 1 is 1.35 bits per heavy atom. The van der Waals surface area contributed by atoms with Gasteiger partial charge in [0.1, 0.15) is 11.6 Å². The second-order valence-corrected chi connectivity index (χ2v) is 5.67. The van der Waals surface area contributed by atoms with Crippen LogP contribution in [0.3, 0.4) is 0 Å². The minimum Gasteiger partial charge on any atom is -0.370 e. The Kier molecular flexibility index (Phi) is 4.73. The fraction of sp³-hybridized carbons (Fsp3) is 0.462. The maximum Gasteiger partial charge on any atom is 0.223 e. The predicted octanol–water partition coefficient (Wildman–Crippen LogP) is 2.28. The minimum atomic E-state index is 0.280. The van der Waals surface area contributed by atoms with Crippen molar-refractivity contribution in [2.45, 2.75) is 26.8 Å². The predicted molar refractivity (Wildman–Crippen MR) is 84.2 cm³/mol. The molecule has 0 aliphatic rings. The molecule has 0 aliphatic carbocycles. The van der Waals surface area contributed by atoms with Gasteiger partial charge < -0.3 is 16.0 Å². The molecule has 0 bridgehead atoms. The molecule has 3 N–H and O–H groups in total. The molecule has 108 valence electrons. The maximum atomic E-state index is 5.76. The first kappa shape index (κ1) is 14.5. The van der Waals surface area contributed by atoms with Crippen molar-refractivity contribution in [3.05, 3.63) is 22.1 Å². The van der Waals surface area contributed by atoms with Gasteiger partial charge in [0.2, 0.25) is 5.95 Å². The van der Waals surface area contributed by atoms with Crippen LogP contribution in [0.1, 0.15) is 24.0 Å². The number of thiazole rings is 1. The summed E-state index contributed by atoms with van der Waals surface area (Å²) in [6, 6.07) is 1.91. The Balaban J connectivity index is 2.12. The number of nitrogens with two attached hydrogens (primary N) is 1. The first-order valence-corrected chi connectivity index (χ1v) is 7.47. The molecule has 7 heteroatoms. The van der Waals surface area contributed by atoms with Crippen LogP contribution in [0.2, 0.25) is 0 Å². The molecule has 0 unspecified atom stereocenters. The van der Waals surface area contributed by atoms with Crippen molar-refractivity contribution < 1.29 is 0 Å². The number of nitrogens with one attached hydrogen (secondary N) is 1. The van der Waals surface area contributed by atoms with Gasteiger partial charge >= 0.3 is 0 Å². The molecular weight excluding hydrogens is 272 g/mol. The van der Waals surface area contributed by atoms with E-state index < -0.39 is 0 Å². The normalized spacial score (nSPS) is 10.6. The molecule has 0 atom stereocenters. The number of aryl methyl sites for hydroxylation is 1. The monoisotopic (exact) mass is 292 g/mol. The van der Waals surface area contributed by atoms with Crippen LogP contribution in [-0.2, 0) is 6.54 Å². The van der Waals surface area contributed by atoms with E-state index in [0.29, 0.717) is 6.54 Å². The quantitative estimate of drug-likeness (QED) is 0.850. The molecule has 0 aliphatic heterocycles. The smallest absolute Gasteiger partial charge is 0.223 e. The lowest BCUT2D eigenvalue weighted by atomic mass is 10.4. The largest absolute Gasteiger partial charge is 0.370 e. The van der Waals surface area contributed by atoms with Crippen LogP contribution < -0.4 is 16.0 Å². The van der Waals surface area contributed by atoms with E-state index in [1.54, 1.807) is 11.3 Å². The molecule has 2 aromatic rings. The first-order valence-electron chi connectivity index (χ1n) is 6.59. The Morgan fingerprint density at radius 3 is 2.80 bits per heavy atom. The summed E-state index contributed by atoms with van der Waals surface area (Å²) in [5.74, 6) is 1.83. The second-order valence-electron chi connectivity index (χ2n) is 4.61. The second kappa shape index (κ2) is 6.51. The van der Waals surface area contributed by atoms with Crippen LogP contribution in [0, 0.1) is 6.92 Å². The summed E-state index contributed by atoms with van der Waals surface area (Å²) < 4.78 is 0. The van der Waals surface area contributed by atoms with Gasteiger partial charge in [-0.15, -0.1) is 11.3 Å². The van der Waals surface area contributed by atoms with E-state index in [1.165, 1.54) is 0 Å². The number of hydrogen-bond donors (Lipinski definition) is 2. The zero-order chi connectivity index (χ0) is 14.5. The molecule has 6 nitrogen and oxygen atoms in total. The summed E-state index contributed by atoms with van der Waals surface area (Å²) in [5, 5.41) is 6.36. The van der Waals surface area contributed by atoms with Crippen LogP contribution >= 0.6 is 11.3 Å². The number of nitrogen functional groups attached to an aromatic ring is 1. The number of aromatic nitrogens is 3. The van der Waals surface area contributed by atoms with Crippen molar-refractivity contribution in [1.29, 1.82) is 0 Å². The fourth-order valence-corrected chi connectivity index (χ4v) is 2.40. The van der Waals surface area contributed by atoms with Crippen LogP contribution in [0.5, 0.6) is 0 Å². The molecule has 0 amide bonds. The topological polar surface area (TPSA) is 80.0 Å². The average Bonchev–Trinajstić information content (AvgIpc) is 2.81. The Morgan fingerprint density at radius 2 is 2.15 bits per heavy atom. The van der Waals surface area contributed by atoms with E-state index in [0.717, 1.165) is 35.3 Å². The standard InChI is InChI=1S/C13H20N6S/c1-4-5-15-11-6-12(18-13(14)17-11)19(3)7-10-8-20-9(2)16-10/h6,8H,4-5,7H2,1-3H3,(H3,14,15,17,18). The molecule has 2 heterocycles. The van der Waals surface area contributed by atoms with Crippen molar-refractivity contribution in [2.24, 2.45) is 0 Å². The molecule has 0 radical (unpaired) electrons. The van der Waals surface area contributed by atoms with E-state index in [9.17, 15) is 0 Å². The highest BCUT2D eigenvalue weighted by Gasteiger charge is 2.09. The summed E-state index contributed by atoms with van der Waals surface area (Å²) >= 11 is 1.65. The summed E-state index contributed by atoms with van der Waals surface area (Å²) in [6.45, 7) is 5.68. The third-order valence-corrected chi connectivity index (χ3v) is 3.57. The summed E-state index contributed by atoms with van der Waals surface area (Å²) in [6.07, 6.45) is 1.03. The molecule has 0 saturated heterocycles. The van der Waals surface area contributed by atoms with Gasteiger partial charge in [-0.25, -0.2) is 4.98 Å². The number of nitrogens with zero attached hydrogens (tertiary/aromatic N) is 4. The van der Waals surface area contributed by atoms with E-state index in [-0.39, 0.29) is 5.95 Å². The third kappa shape index (κ3) is 3.80. The summed E-state index contributed by atoms with van der Waals surface area (Å²) in [5.41, 5.74) is 6.80. The Bertz CT molecular complexity index is 568. The number of hydrogen-bond acceptors (Lipinski definition) is 7. The molecule has 2 rings (SSSR count). The highest BCUT2D eigenvalue weighted by atomic mass is 32.1. The van der Waals surface area contributed by atoms with Crippen LogP contribution in [0.25, 0.3) is 0 Å². The number of rotatable bonds is 6. The molecular formula is C13H20N6S. The zero-order valence-corrected chi connectivity index (χ0v) is 12.9. The van der Waals surface area contributed by atoms with Gasteiger partial charge in [-0.2, -0.15) is 9.97 Å². The lowest BCUT2D eigenvalue weighted by Crippen LogP contribution is -2.19. The minimum absolute atomic E-state index is 0.280. The molecule has 0 spiro atoms. The highest BCUT2D eigenvalue weighted by molar-refractivity contribution is 7.09. The molecule has 20 heavy (non-hydrogen) atoms. The molecule has 0 fully saturated rings. The highest BCUT2D eigenvalue weighted by Crippen LogP contribution is 2.18.